The maximum absolute atomic E-state index is 13.0. The van der Waals surface area contributed by atoms with Crippen molar-refractivity contribution in [3.05, 3.63) is 429 Å². The van der Waals surface area contributed by atoms with E-state index < -0.39 is 86.3 Å². The monoisotopic (exact) mass is 2040 g/mol. The summed E-state index contributed by atoms with van der Waals surface area (Å²) in [5.41, 5.74) is 12.7. The molecule has 0 spiro atoms. The largest absolute Gasteiger partial charge is 0.545 e. The minimum atomic E-state index is -1.77. The second-order valence-electron chi connectivity index (χ2n) is 35.5. The number of carboxylic acid groups (broad SMARTS) is 3. The van der Waals surface area contributed by atoms with E-state index in [1.54, 1.807) is 141 Å². The van der Waals surface area contributed by atoms with Crippen LogP contribution in [0.5, 0.6) is 0 Å². The molecule has 0 bridgehead atoms. The zero-order chi connectivity index (χ0) is 107. The van der Waals surface area contributed by atoms with Gasteiger partial charge in [0.1, 0.15) is 30.0 Å². The van der Waals surface area contributed by atoms with E-state index in [9.17, 15) is 94.5 Å². The summed E-state index contributed by atoms with van der Waals surface area (Å²) in [7, 11) is 1.44. The number of rotatable bonds is 52. The molecule has 0 saturated carbocycles. The van der Waals surface area contributed by atoms with Crippen LogP contribution in [0.15, 0.2) is 305 Å². The lowest BCUT2D eigenvalue weighted by atomic mass is 10.0. The number of nitrogens with zero attached hydrogens (tertiary/aromatic N) is 17. The Bertz CT molecular complexity index is 6240. The van der Waals surface area contributed by atoms with Gasteiger partial charge in [-0.3, -0.25) is 103 Å². The van der Waals surface area contributed by atoms with Crippen LogP contribution in [0, 0.1) is 0 Å². The van der Waals surface area contributed by atoms with Crippen LogP contribution in [0.25, 0.3) is 0 Å². The standard InChI is InChI=1S/C35H41N5O7.C32H35N5O5.C23H26N4O3.C21H18N4O6/c1-39(22-31(43)34(46)35(47)32(44)23-41)33(45)17-25-10-8-24(9-11-25)16-30(42)26-12-13-29(38-18-26)21-40(19-27-6-2-4-14-36-27)20-28-7-3-5-15-37-28;38-21-32(22-39,23-40)36-31(42)16-25-9-7-24(8-10-25)15-30(41)26-11-12-29(35-17-26)20-37(18-27-5-1-3-13-33-27)19-28-6-2-4-14-34-28;28-17-22(29)9-10-23(30)18-7-8-21(26-13-18)16-27(14-19-5-1-3-11-24-19)15-20-6-2-4-12-25-20;26-19(27)13-1-4-16(22-7-13)10-25(11-17-5-2-14(8-23-17)20(28)29)12-18-6-3-15(9-24-18)21(30)31/h2-15,18,31-32,34-35,41,43-44,46-47H,16-17,19-23H2,1H3;1-14,17,38-40H,15-16,18-23H2,(H,36,42);1-8,11-13,22,28-29H,9-10,14-17H2;1-9H,10-12H2,(H,26,27)(H,28,29)(H,30,31)/p-3/t31-,32+,34+,35+;;22-;/m0.1./s1. The van der Waals surface area contributed by atoms with Crippen molar-refractivity contribution in [1.29, 1.82) is 0 Å². The third-order valence-electron chi connectivity index (χ3n) is 23.5. The number of carbonyl (C=O) groups excluding carboxylic acids is 8. The lowest BCUT2D eigenvalue weighted by molar-refractivity contribution is -0.256. The average Bonchev–Trinajstić information content (AvgIpc) is 0.863. The third-order valence-corrected chi connectivity index (χ3v) is 23.5. The molecule has 12 heterocycles. The minimum absolute atomic E-state index is 0.000946. The maximum atomic E-state index is 13.0. The average molecular weight is 2040 g/mol. The summed E-state index contributed by atoms with van der Waals surface area (Å²) in [6, 6.07) is 68.8. The fraction of sp³-hybridized carbons (Fsp3) is 0.279. The van der Waals surface area contributed by atoms with Gasteiger partial charge in [-0.1, -0.05) is 84.9 Å². The van der Waals surface area contributed by atoms with Gasteiger partial charge in [-0.15, -0.1) is 0 Å². The number of benzene rings is 2. The number of amides is 2. The number of carbonyl (C=O) groups is 8. The first-order valence-electron chi connectivity index (χ1n) is 47.9. The van der Waals surface area contributed by atoms with Gasteiger partial charge in [-0.2, -0.15) is 0 Å². The van der Waals surface area contributed by atoms with Crippen molar-refractivity contribution in [3.63, 3.8) is 0 Å². The van der Waals surface area contributed by atoms with Gasteiger partial charge in [0, 0.05) is 219 Å². The molecule has 0 aliphatic rings. The van der Waals surface area contributed by atoms with Crippen molar-refractivity contribution in [2.24, 2.45) is 0 Å². The summed E-state index contributed by atoms with van der Waals surface area (Å²) in [6.07, 6.45) is 12.2. The predicted molar refractivity (Wildman–Crippen MR) is 540 cm³/mol. The van der Waals surface area contributed by atoms with E-state index in [0.717, 1.165) is 62.4 Å². The Morgan fingerprint density at radius 2 is 0.540 bits per heavy atom. The van der Waals surface area contributed by atoms with E-state index >= 15 is 0 Å². The molecule has 2 amide bonds. The van der Waals surface area contributed by atoms with E-state index in [2.05, 4.69) is 79.8 Å². The minimum Gasteiger partial charge on any atom is -0.545 e. The molecule has 14 aromatic rings. The molecule has 11 N–H and O–H groups in total. The number of Topliss-reactive ketones (excluding diaryl/α,β-unsaturated/α-hetero) is 3. The van der Waals surface area contributed by atoms with E-state index in [1.807, 2.05) is 132 Å². The summed E-state index contributed by atoms with van der Waals surface area (Å²) in [6.45, 7) is 3.19. The van der Waals surface area contributed by atoms with Gasteiger partial charge in [0.2, 0.25) is 11.8 Å². The van der Waals surface area contributed by atoms with E-state index in [1.165, 1.54) is 48.7 Å². The number of aliphatic hydroxyl groups excluding tert-OH is 10. The summed E-state index contributed by atoms with van der Waals surface area (Å²) >= 11 is 0. The van der Waals surface area contributed by atoms with Crippen LogP contribution < -0.4 is 20.6 Å². The highest BCUT2D eigenvalue weighted by Gasteiger charge is 2.33. The smallest absolute Gasteiger partial charge is 0.226 e. The normalized spacial score (nSPS) is 12.2. The third kappa shape index (κ3) is 38.4. The number of ketones is 3. The van der Waals surface area contributed by atoms with Crippen LogP contribution in [0.3, 0.4) is 0 Å². The Morgan fingerprint density at radius 1 is 0.293 bits per heavy atom. The Labute approximate surface area is 865 Å². The molecule has 5 atom stereocenters. The first kappa shape index (κ1) is 114. The van der Waals surface area contributed by atoms with Crippen LogP contribution >= 0.6 is 0 Å². The van der Waals surface area contributed by atoms with Gasteiger partial charge in [0.15, 0.2) is 17.3 Å². The first-order valence-corrected chi connectivity index (χ1v) is 47.9. The van der Waals surface area contributed by atoms with Crippen LogP contribution in [0.2, 0.25) is 0 Å². The topological polar surface area (TPSA) is 591 Å². The lowest BCUT2D eigenvalue weighted by Gasteiger charge is -2.28. The summed E-state index contributed by atoms with van der Waals surface area (Å²) in [5.74, 6) is -5.03. The number of hydrogen-bond acceptors (Lipinski definition) is 37. The molecule has 2 aromatic carbocycles. The molecule has 14 rings (SSSR count). The van der Waals surface area contributed by atoms with Gasteiger partial charge in [-0.05, 0) is 174 Å². The highest BCUT2D eigenvalue weighted by atomic mass is 16.4. The van der Waals surface area contributed by atoms with Crippen molar-refractivity contribution < 1.29 is 105 Å². The Hall–Kier alpha value is -16.0. The number of carboxylic acids is 3. The molecule has 39 heteroatoms. The van der Waals surface area contributed by atoms with Gasteiger partial charge < -0.3 is 91.0 Å². The van der Waals surface area contributed by atoms with Crippen molar-refractivity contribution >= 4 is 47.1 Å². The van der Waals surface area contributed by atoms with Crippen molar-refractivity contribution in [2.45, 2.75) is 153 Å². The molecule has 0 aliphatic heterocycles. The second kappa shape index (κ2) is 59.7. The fourth-order valence-electron chi connectivity index (χ4n) is 15.2. The Morgan fingerprint density at radius 3 is 0.773 bits per heavy atom. The molecule has 0 fully saturated rings. The predicted octanol–water partition coefficient (Wildman–Crippen LogP) is 3.36. The molecule has 0 radical (unpaired) electrons. The second-order valence-corrected chi connectivity index (χ2v) is 35.5. The maximum Gasteiger partial charge on any atom is 0.226 e. The molecule has 150 heavy (non-hydrogen) atoms. The highest BCUT2D eigenvalue weighted by Crippen LogP contribution is 2.23. The Balaban J connectivity index is 0.000000193. The zero-order valence-corrected chi connectivity index (χ0v) is 82.3. The van der Waals surface area contributed by atoms with Gasteiger partial charge in [0.25, 0.3) is 0 Å². The Kier molecular flexibility index (Phi) is 45.5. The first-order chi connectivity index (χ1) is 72.5. The highest BCUT2D eigenvalue weighted by molar-refractivity contribution is 5.98. The number of hydrogen-bond donors (Lipinski definition) is 11. The van der Waals surface area contributed by atoms with Crippen molar-refractivity contribution in [1.82, 2.24) is 89.6 Å². The molecule has 12 aromatic heterocycles. The number of likely N-dealkylation sites (N-methyl/N-ethyl adjacent to an activating group) is 1. The molecule has 0 saturated heterocycles. The molecule has 0 unspecified atom stereocenters. The van der Waals surface area contributed by atoms with Crippen LogP contribution in [0.1, 0.15) is 166 Å². The van der Waals surface area contributed by atoms with Gasteiger partial charge in [0.05, 0.1) is 138 Å². The fourth-order valence-corrected chi connectivity index (χ4v) is 15.2. The van der Waals surface area contributed by atoms with Crippen LogP contribution in [-0.2, 0) is 114 Å². The van der Waals surface area contributed by atoms with Gasteiger partial charge in [-0.25, -0.2) is 0 Å². The molecule has 39 nitrogen and oxygen atoms in total. The van der Waals surface area contributed by atoms with Crippen LogP contribution in [0.4, 0.5) is 0 Å². The van der Waals surface area contributed by atoms with Crippen LogP contribution in [-0.4, -0.2) is 265 Å². The van der Waals surface area contributed by atoms with E-state index in [-0.39, 0.29) is 91.6 Å². The van der Waals surface area contributed by atoms with E-state index in [4.69, 9.17) is 10.2 Å². The zero-order valence-electron chi connectivity index (χ0n) is 82.3. The van der Waals surface area contributed by atoms with E-state index in [0.29, 0.717) is 123 Å². The van der Waals surface area contributed by atoms with Gasteiger partial charge >= 0.3 is 0 Å². The van der Waals surface area contributed by atoms with Crippen molar-refractivity contribution in [2.75, 3.05) is 46.6 Å². The number of pyridine rings is 12. The quantitative estimate of drug-likeness (QED) is 0.0243. The molecule has 780 valence electrons. The number of aromatic nitrogens is 12. The molecule has 0 aliphatic carbocycles. The summed E-state index contributed by atoms with van der Waals surface area (Å²) in [5, 5.41) is 130. The number of nitrogens with one attached hydrogen (secondary N) is 1. The summed E-state index contributed by atoms with van der Waals surface area (Å²) < 4.78 is 0. The molecular formula is C111H117N18O21-3. The summed E-state index contributed by atoms with van der Waals surface area (Å²) in [4.78, 5) is 158. The number of aliphatic hydroxyl groups is 10. The van der Waals surface area contributed by atoms with Crippen molar-refractivity contribution in [3.8, 4) is 0 Å². The SMILES string of the molecule is CN(C[C@H](O)[C@@H](O)[C@H](O)[C@H](O)CO)C(=O)Cc1ccc(CC(=O)c2ccc(CN(Cc3ccccn3)Cc3ccccn3)nc2)cc1.O=C(CC[C@@H](O)CO)c1ccc(CN(Cc2ccccn2)Cc2ccccn2)nc1.O=C(Cc1ccc(CC(=O)c2ccc(CN(Cc3ccccn3)Cc3ccccn3)nc2)cc1)NC(CO)(CO)CO.O=C([O-])c1ccc(CN(Cc2ccc(C(=O)[O-])cn2)Cc2ccc(C(=O)[O-])cn2)nc1. The molecular weight excluding hydrogens is 1920 g/mol. The number of aromatic carboxylic acids is 3. The lowest BCUT2D eigenvalue weighted by Crippen LogP contribution is -2.57.